The number of carbonyl (C=O) groups excluding carboxylic acids is 1. The third-order valence-corrected chi connectivity index (χ3v) is 5.33. The van der Waals surface area contributed by atoms with Crippen molar-refractivity contribution in [3.05, 3.63) is 28.5 Å². The molecule has 1 unspecified atom stereocenters. The number of halogens is 2. The van der Waals surface area contributed by atoms with Crippen LogP contribution in [-0.2, 0) is 11.2 Å². The summed E-state index contributed by atoms with van der Waals surface area (Å²) in [5.41, 5.74) is -0.263. The predicted octanol–water partition coefficient (Wildman–Crippen LogP) is 3.10. The second-order valence-corrected chi connectivity index (χ2v) is 7.21. The summed E-state index contributed by atoms with van der Waals surface area (Å²) in [7, 11) is 0. The summed E-state index contributed by atoms with van der Waals surface area (Å²) >= 11 is 6.02. The van der Waals surface area contributed by atoms with Gasteiger partial charge in [-0.3, -0.25) is 4.79 Å². The molecule has 0 saturated carbocycles. The number of rotatable bonds is 4. The number of nitrogens with one attached hydrogen (secondary N) is 1. The van der Waals surface area contributed by atoms with E-state index in [0.29, 0.717) is 24.8 Å². The Morgan fingerprint density at radius 1 is 1.42 bits per heavy atom. The highest BCUT2D eigenvalue weighted by molar-refractivity contribution is 6.29. The van der Waals surface area contributed by atoms with Gasteiger partial charge in [0.1, 0.15) is 5.15 Å². The summed E-state index contributed by atoms with van der Waals surface area (Å²) in [6.07, 6.45) is 4.68. The topological polar surface area (TPSA) is 45.2 Å². The number of likely N-dealkylation sites (tertiary alicyclic amines) is 1. The van der Waals surface area contributed by atoms with Crippen LogP contribution in [0.5, 0.6) is 0 Å². The molecule has 2 aliphatic heterocycles. The zero-order chi connectivity index (χ0) is 17.2. The smallest absolute Gasteiger partial charge is 0.262 e. The first-order valence-corrected chi connectivity index (χ1v) is 9.28. The van der Waals surface area contributed by atoms with Gasteiger partial charge in [0, 0.05) is 37.8 Å². The lowest BCUT2D eigenvalue weighted by atomic mass is 9.83. The molecule has 4 nitrogen and oxygen atoms in total. The van der Waals surface area contributed by atoms with E-state index < -0.39 is 11.6 Å². The van der Waals surface area contributed by atoms with Crippen LogP contribution in [0.25, 0.3) is 0 Å². The second kappa shape index (κ2) is 7.36. The number of pyridine rings is 1. The Labute approximate surface area is 147 Å². The maximum atomic E-state index is 15.8. The molecular formula is C18H25ClFN3O. The van der Waals surface area contributed by atoms with Crippen LogP contribution in [0.2, 0.25) is 5.15 Å². The molecule has 3 heterocycles. The number of aromatic nitrogens is 1. The van der Waals surface area contributed by atoms with Crippen LogP contribution in [-0.4, -0.2) is 47.6 Å². The average molecular weight is 354 g/mol. The monoisotopic (exact) mass is 353 g/mol. The molecule has 1 N–H and O–H groups in total. The largest absolute Gasteiger partial charge is 0.340 e. The molecule has 0 aromatic carbocycles. The van der Waals surface area contributed by atoms with Crippen molar-refractivity contribution in [2.24, 2.45) is 0 Å². The molecule has 1 aromatic rings. The molecule has 0 spiro atoms. The lowest BCUT2D eigenvalue weighted by Gasteiger charge is -2.34. The molecule has 6 heteroatoms. The highest BCUT2D eigenvalue weighted by Gasteiger charge is 2.53. The molecule has 0 aliphatic carbocycles. The summed E-state index contributed by atoms with van der Waals surface area (Å²) in [4.78, 5) is 19.0. The number of alkyl halides is 1. The second-order valence-electron chi connectivity index (χ2n) is 6.82. The fraction of sp³-hybridized carbons (Fsp3) is 0.667. The Hall–Kier alpha value is -1.20. The molecule has 1 aromatic heterocycles. The van der Waals surface area contributed by atoms with E-state index in [9.17, 15) is 4.79 Å². The van der Waals surface area contributed by atoms with E-state index in [1.165, 1.54) is 0 Å². The molecule has 2 aliphatic rings. The summed E-state index contributed by atoms with van der Waals surface area (Å²) in [6.45, 7) is 3.91. The van der Waals surface area contributed by atoms with E-state index in [-0.39, 0.29) is 12.5 Å². The van der Waals surface area contributed by atoms with Crippen molar-refractivity contribution < 1.29 is 9.18 Å². The number of hydrogen-bond acceptors (Lipinski definition) is 3. The fourth-order valence-electron chi connectivity index (χ4n) is 3.86. The SMILES string of the molecule is CCCc1nc(Cl)ccc1[C@@H]1CNCC1(F)C(=O)N1CCCCC1. The molecule has 132 valence electrons. The Morgan fingerprint density at radius 3 is 2.88 bits per heavy atom. The average Bonchev–Trinajstić information content (AvgIpc) is 2.98. The Bertz CT molecular complexity index is 606. The minimum atomic E-state index is -1.89. The highest BCUT2D eigenvalue weighted by Crippen LogP contribution is 2.39. The zero-order valence-electron chi connectivity index (χ0n) is 14.2. The molecule has 2 atom stereocenters. The van der Waals surface area contributed by atoms with E-state index in [0.717, 1.165) is 43.4 Å². The Kier molecular flexibility index (Phi) is 5.40. The molecule has 2 saturated heterocycles. The minimum Gasteiger partial charge on any atom is -0.340 e. The van der Waals surface area contributed by atoms with Crippen LogP contribution in [0.15, 0.2) is 12.1 Å². The van der Waals surface area contributed by atoms with Crippen molar-refractivity contribution in [2.75, 3.05) is 26.2 Å². The van der Waals surface area contributed by atoms with E-state index in [4.69, 9.17) is 11.6 Å². The fourth-order valence-corrected chi connectivity index (χ4v) is 4.03. The quantitative estimate of drug-likeness (QED) is 0.846. The van der Waals surface area contributed by atoms with Crippen LogP contribution in [0.4, 0.5) is 4.39 Å². The number of hydrogen-bond donors (Lipinski definition) is 1. The van der Waals surface area contributed by atoms with Crippen molar-refractivity contribution >= 4 is 17.5 Å². The van der Waals surface area contributed by atoms with Crippen LogP contribution in [0.3, 0.4) is 0 Å². The molecule has 0 bridgehead atoms. The van der Waals surface area contributed by atoms with Crippen LogP contribution in [0.1, 0.15) is 49.8 Å². The first-order valence-electron chi connectivity index (χ1n) is 8.90. The first kappa shape index (κ1) is 17.6. The summed E-state index contributed by atoms with van der Waals surface area (Å²) in [6, 6.07) is 3.54. The Balaban J connectivity index is 1.91. The summed E-state index contributed by atoms with van der Waals surface area (Å²) in [5.74, 6) is -0.868. The molecule has 1 amide bonds. The third-order valence-electron chi connectivity index (χ3n) is 5.12. The normalized spacial score (nSPS) is 27.5. The van der Waals surface area contributed by atoms with Gasteiger partial charge in [0.25, 0.3) is 5.91 Å². The molecule has 3 rings (SSSR count). The van der Waals surface area contributed by atoms with Gasteiger partial charge in [-0.05, 0) is 37.3 Å². The summed E-state index contributed by atoms with van der Waals surface area (Å²) in [5, 5.41) is 3.50. The highest BCUT2D eigenvalue weighted by atomic mass is 35.5. The van der Waals surface area contributed by atoms with Crippen molar-refractivity contribution in [1.29, 1.82) is 0 Å². The van der Waals surface area contributed by atoms with Crippen LogP contribution in [0, 0.1) is 0 Å². The number of amides is 1. The lowest BCUT2D eigenvalue weighted by Crippen LogP contribution is -2.51. The van der Waals surface area contributed by atoms with Gasteiger partial charge in [0.05, 0.1) is 0 Å². The van der Waals surface area contributed by atoms with Gasteiger partial charge < -0.3 is 10.2 Å². The third kappa shape index (κ3) is 3.29. The van der Waals surface area contributed by atoms with E-state index in [1.54, 1.807) is 11.0 Å². The Morgan fingerprint density at radius 2 is 2.17 bits per heavy atom. The van der Waals surface area contributed by atoms with Gasteiger partial charge in [-0.25, -0.2) is 9.37 Å². The van der Waals surface area contributed by atoms with Gasteiger partial charge in [0.15, 0.2) is 0 Å². The predicted molar refractivity (Wildman–Crippen MR) is 93.1 cm³/mol. The van der Waals surface area contributed by atoms with Crippen LogP contribution < -0.4 is 5.32 Å². The molecule has 2 fully saturated rings. The first-order chi connectivity index (χ1) is 11.6. The van der Waals surface area contributed by atoms with Gasteiger partial charge in [0.2, 0.25) is 5.67 Å². The number of piperidine rings is 1. The maximum absolute atomic E-state index is 15.8. The number of carbonyl (C=O) groups is 1. The van der Waals surface area contributed by atoms with Gasteiger partial charge >= 0.3 is 0 Å². The van der Waals surface area contributed by atoms with Crippen molar-refractivity contribution in [3.63, 3.8) is 0 Å². The minimum absolute atomic E-state index is 0.0706. The van der Waals surface area contributed by atoms with Gasteiger partial charge in [-0.1, -0.05) is 31.0 Å². The van der Waals surface area contributed by atoms with E-state index >= 15 is 4.39 Å². The molecule has 0 radical (unpaired) electrons. The van der Waals surface area contributed by atoms with E-state index in [1.807, 2.05) is 6.07 Å². The van der Waals surface area contributed by atoms with Crippen molar-refractivity contribution in [3.8, 4) is 0 Å². The van der Waals surface area contributed by atoms with Gasteiger partial charge in [-0.2, -0.15) is 0 Å². The summed E-state index contributed by atoms with van der Waals surface area (Å²) < 4.78 is 15.8. The molecule has 24 heavy (non-hydrogen) atoms. The van der Waals surface area contributed by atoms with E-state index in [2.05, 4.69) is 17.2 Å². The zero-order valence-corrected chi connectivity index (χ0v) is 14.9. The van der Waals surface area contributed by atoms with Crippen molar-refractivity contribution in [2.45, 2.75) is 50.6 Å². The number of aryl methyl sites for hydroxylation is 1. The lowest BCUT2D eigenvalue weighted by molar-refractivity contribution is -0.144. The molecular weight excluding hydrogens is 329 g/mol. The number of nitrogens with zero attached hydrogens (tertiary/aromatic N) is 2. The standard InChI is InChI=1S/C18H25ClFN3O/c1-2-6-15-13(7-8-16(19)22-15)14-11-21-12-18(14,20)17(24)23-9-4-3-5-10-23/h7-8,14,21H,2-6,9-12H2,1H3/t14-,18?/m0/s1. The van der Waals surface area contributed by atoms with Crippen molar-refractivity contribution in [1.82, 2.24) is 15.2 Å². The van der Waals surface area contributed by atoms with Crippen LogP contribution >= 0.6 is 11.6 Å². The van der Waals surface area contributed by atoms with Gasteiger partial charge in [-0.15, -0.1) is 0 Å². The maximum Gasteiger partial charge on any atom is 0.262 e.